The Balaban J connectivity index is 1.18. The summed E-state index contributed by atoms with van der Waals surface area (Å²) in [6, 6.07) is 54.3. The summed E-state index contributed by atoms with van der Waals surface area (Å²) in [5.41, 5.74) is 7.15. The van der Waals surface area contributed by atoms with Crippen LogP contribution in [0.2, 0.25) is 0 Å². The van der Waals surface area contributed by atoms with Crippen molar-refractivity contribution in [3.05, 3.63) is 190 Å². The van der Waals surface area contributed by atoms with Crippen LogP contribution in [0.25, 0.3) is 37.9 Å². The third-order valence-corrected chi connectivity index (χ3v) is 10.9. The van der Waals surface area contributed by atoms with E-state index in [4.69, 9.17) is 11.8 Å². The van der Waals surface area contributed by atoms with E-state index >= 15 is 0 Å². The summed E-state index contributed by atoms with van der Waals surface area (Å²) in [7, 11) is 0. The van der Waals surface area contributed by atoms with Crippen molar-refractivity contribution in [3.8, 4) is 27.0 Å². The molecule has 0 bridgehead atoms. The number of rotatable bonds is 12. The monoisotopic (exact) mass is 766 g/mol. The average Bonchev–Trinajstić information content (AvgIpc) is 3.91. The van der Waals surface area contributed by atoms with Crippen LogP contribution in [0.1, 0.15) is 9.75 Å². The molecule has 0 unspecified atom stereocenters. The van der Waals surface area contributed by atoms with Gasteiger partial charge in [0.15, 0.2) is 0 Å². The van der Waals surface area contributed by atoms with E-state index in [0.29, 0.717) is 9.75 Å². The lowest BCUT2D eigenvalue weighted by Gasteiger charge is -2.28. The van der Waals surface area contributed by atoms with Gasteiger partial charge in [0.05, 0.1) is 6.57 Å². The van der Waals surface area contributed by atoms with Crippen LogP contribution in [-0.2, 0) is 9.59 Å². The molecule has 56 heavy (non-hydrogen) atoms. The van der Waals surface area contributed by atoms with Crippen LogP contribution in [0.15, 0.2) is 169 Å². The molecule has 0 saturated heterocycles. The molecule has 5 aromatic carbocycles. The highest BCUT2D eigenvalue weighted by atomic mass is 32.1. The van der Waals surface area contributed by atoms with Crippen LogP contribution in [0.3, 0.4) is 0 Å². The zero-order valence-electron chi connectivity index (χ0n) is 29.5. The first-order valence-electron chi connectivity index (χ1n) is 17.2. The fourth-order valence-electron chi connectivity index (χ4n) is 6.08. The highest BCUT2D eigenvalue weighted by Gasteiger charge is 2.17. The third kappa shape index (κ3) is 8.18. The SMILES string of the molecule is [C-]#[N+]/C(=C\c1ccc(-c2ccc(N(c3ccccc3)c3ccc(N(c4ccccc4)c4ccc(-c5ccc(/C=C(\C#N)C(=O)O)s5)cc4)cc3)cc2)s1)C(=O)O. The lowest BCUT2D eigenvalue weighted by molar-refractivity contribution is -0.133. The van der Waals surface area contributed by atoms with Crippen molar-refractivity contribution in [3.63, 3.8) is 0 Å². The lowest BCUT2D eigenvalue weighted by atomic mass is 10.1. The Morgan fingerprint density at radius 2 is 0.911 bits per heavy atom. The summed E-state index contributed by atoms with van der Waals surface area (Å²) in [5, 5.41) is 27.7. The van der Waals surface area contributed by atoms with Gasteiger partial charge in [0.2, 0.25) is 0 Å². The third-order valence-electron chi connectivity index (χ3n) is 8.72. The molecular weight excluding hydrogens is 737 g/mol. The van der Waals surface area contributed by atoms with E-state index < -0.39 is 11.9 Å². The van der Waals surface area contributed by atoms with E-state index in [0.717, 1.165) is 55.0 Å². The van der Waals surface area contributed by atoms with E-state index in [2.05, 4.69) is 87.4 Å². The van der Waals surface area contributed by atoms with Gasteiger partial charge in [-0.3, -0.25) is 4.79 Å². The summed E-state index contributed by atoms with van der Waals surface area (Å²) in [6.07, 6.45) is 2.78. The fraction of sp³-hybridized carbons (Fsp3) is 0. The van der Waals surface area contributed by atoms with Crippen LogP contribution in [0, 0.1) is 17.9 Å². The highest BCUT2D eigenvalue weighted by Crippen LogP contribution is 2.41. The molecule has 0 aliphatic heterocycles. The van der Waals surface area contributed by atoms with Crippen molar-refractivity contribution in [1.29, 1.82) is 5.26 Å². The Morgan fingerprint density at radius 3 is 1.27 bits per heavy atom. The first-order valence-corrected chi connectivity index (χ1v) is 18.8. The molecule has 7 aromatic rings. The number of benzene rings is 5. The van der Waals surface area contributed by atoms with Crippen molar-refractivity contribution in [2.75, 3.05) is 9.80 Å². The maximum absolute atomic E-state index is 11.3. The molecule has 0 spiro atoms. The Kier molecular flexibility index (Phi) is 11.0. The molecule has 0 saturated carbocycles. The number of hydrogen-bond donors (Lipinski definition) is 2. The molecule has 0 amide bonds. The van der Waals surface area contributed by atoms with E-state index in [1.807, 2.05) is 84.9 Å². The number of carbonyl (C=O) groups is 2. The minimum absolute atomic E-state index is 0.306. The zero-order valence-corrected chi connectivity index (χ0v) is 31.1. The zero-order chi connectivity index (χ0) is 39.0. The number of nitriles is 1. The Bertz CT molecular complexity index is 2470. The second-order valence-corrected chi connectivity index (χ2v) is 14.5. The van der Waals surface area contributed by atoms with E-state index in [9.17, 15) is 19.8 Å². The van der Waals surface area contributed by atoms with Crippen LogP contribution >= 0.6 is 22.7 Å². The largest absolute Gasteiger partial charge is 0.486 e. The van der Waals surface area contributed by atoms with Crippen molar-refractivity contribution in [2.24, 2.45) is 0 Å². The topological polar surface area (TPSA) is 109 Å². The first kappa shape index (κ1) is 36.8. The first-order chi connectivity index (χ1) is 27.3. The second kappa shape index (κ2) is 16.7. The van der Waals surface area contributed by atoms with Crippen LogP contribution in [0.5, 0.6) is 0 Å². The van der Waals surface area contributed by atoms with Gasteiger partial charge in [-0.05, 0) is 120 Å². The van der Waals surface area contributed by atoms with Crippen LogP contribution in [0.4, 0.5) is 34.1 Å². The maximum Gasteiger partial charge on any atom is 0.346 e. The van der Waals surface area contributed by atoms with Crippen molar-refractivity contribution >= 4 is 80.9 Å². The molecule has 0 fully saturated rings. The van der Waals surface area contributed by atoms with Crippen LogP contribution < -0.4 is 9.80 Å². The minimum atomic E-state index is -1.25. The molecular formula is C46H30N4O4S2. The van der Waals surface area contributed by atoms with Gasteiger partial charge in [-0.2, -0.15) is 5.26 Å². The minimum Gasteiger partial charge on any atom is -0.486 e. The number of para-hydroxylation sites is 2. The maximum atomic E-state index is 11.3. The van der Waals surface area contributed by atoms with Crippen molar-refractivity contribution in [1.82, 2.24) is 0 Å². The van der Waals surface area contributed by atoms with Gasteiger partial charge in [-0.25, -0.2) is 9.64 Å². The van der Waals surface area contributed by atoms with Gasteiger partial charge in [0.1, 0.15) is 11.6 Å². The van der Waals surface area contributed by atoms with Gasteiger partial charge in [-0.1, -0.05) is 60.7 Å². The van der Waals surface area contributed by atoms with Crippen molar-refractivity contribution in [2.45, 2.75) is 0 Å². The fourth-order valence-corrected chi connectivity index (χ4v) is 7.99. The summed E-state index contributed by atoms with van der Waals surface area (Å²) in [6.45, 7) is 7.14. The number of carboxylic acid groups (broad SMARTS) is 2. The highest BCUT2D eigenvalue weighted by molar-refractivity contribution is 7.16. The predicted molar refractivity (Wildman–Crippen MR) is 226 cm³/mol. The number of aliphatic carboxylic acids is 2. The molecule has 2 N–H and O–H groups in total. The molecule has 0 atom stereocenters. The van der Waals surface area contributed by atoms with E-state index in [1.54, 1.807) is 6.07 Å². The molecule has 10 heteroatoms. The van der Waals surface area contributed by atoms with Gasteiger partial charge >= 0.3 is 11.9 Å². The molecule has 0 radical (unpaired) electrons. The summed E-state index contributed by atoms with van der Waals surface area (Å²) < 4.78 is 0. The van der Waals surface area contributed by atoms with Gasteiger partial charge in [0, 0.05) is 53.6 Å². The second-order valence-electron chi connectivity index (χ2n) is 12.3. The number of hydrogen-bond acceptors (Lipinski definition) is 7. The molecule has 270 valence electrons. The molecule has 2 aromatic heterocycles. The number of nitrogens with zero attached hydrogens (tertiary/aromatic N) is 4. The smallest absolute Gasteiger partial charge is 0.346 e. The summed E-state index contributed by atoms with van der Waals surface area (Å²) >= 11 is 2.85. The van der Waals surface area contributed by atoms with Gasteiger partial charge in [-0.15, -0.1) is 22.7 Å². The number of thiophene rings is 2. The summed E-state index contributed by atoms with van der Waals surface area (Å²) in [4.78, 5) is 33.4. The molecule has 0 aliphatic rings. The average molecular weight is 767 g/mol. The normalized spacial score (nSPS) is 11.3. The Hall–Kier alpha value is -7.50. The molecule has 2 heterocycles. The van der Waals surface area contributed by atoms with E-state index in [1.165, 1.54) is 34.8 Å². The van der Waals surface area contributed by atoms with Gasteiger partial charge in [0.25, 0.3) is 5.70 Å². The Labute approximate surface area is 331 Å². The van der Waals surface area contributed by atoms with E-state index in [-0.39, 0.29) is 11.3 Å². The van der Waals surface area contributed by atoms with Gasteiger partial charge < -0.3 is 20.0 Å². The van der Waals surface area contributed by atoms with Crippen molar-refractivity contribution < 1.29 is 19.8 Å². The number of carboxylic acids is 2. The quantitative estimate of drug-likeness (QED) is 0.0724. The molecule has 8 nitrogen and oxygen atoms in total. The Morgan fingerprint density at radius 1 is 0.536 bits per heavy atom. The standard InChI is InChI=1S/C46H30N4O4S2/c1-48-42(46(53)54)29-41-25-27-44(56-41)32-14-18-37(19-15-32)50(35-10-6-3-7-11-35)39-22-20-38(21-23-39)49(34-8-4-2-5-9-34)36-16-12-31(13-17-36)43-26-24-40(55-43)28-33(30-47)45(51)52/h2-29H,(H,51,52)(H,53,54)/b33-28+,42-29-. The predicted octanol–water partition coefficient (Wildman–Crippen LogP) is 12.4. The molecule has 7 rings (SSSR count). The molecule has 0 aliphatic carbocycles. The number of anilines is 6. The summed E-state index contributed by atoms with van der Waals surface area (Å²) in [5.74, 6) is -2.49. The van der Waals surface area contributed by atoms with Crippen LogP contribution in [-0.4, -0.2) is 22.2 Å². The lowest BCUT2D eigenvalue weighted by Crippen LogP contribution is -2.12.